The monoisotopic (exact) mass is 437 g/mol. The van der Waals surface area contributed by atoms with Crippen LogP contribution in [0.15, 0.2) is 84.0 Å². The number of aromatic nitrogens is 3. The highest BCUT2D eigenvalue weighted by Crippen LogP contribution is 2.28. The summed E-state index contributed by atoms with van der Waals surface area (Å²) in [6, 6.07) is 21.3. The number of para-hydroxylation sites is 1. The highest BCUT2D eigenvalue weighted by atomic mass is 32.2. The van der Waals surface area contributed by atoms with Crippen molar-refractivity contribution in [2.45, 2.75) is 11.8 Å². The van der Waals surface area contributed by atoms with Gasteiger partial charge in [-0.05, 0) is 54.1 Å². The zero-order valence-electron chi connectivity index (χ0n) is 16.2. The van der Waals surface area contributed by atoms with E-state index in [0.717, 1.165) is 5.69 Å². The minimum absolute atomic E-state index is 0.00367. The summed E-state index contributed by atoms with van der Waals surface area (Å²) in [6.45, 7) is -0.0106. The summed E-state index contributed by atoms with van der Waals surface area (Å²) in [7, 11) is 0. The molecular weight excluding hydrogens is 420 g/mol. The van der Waals surface area contributed by atoms with Gasteiger partial charge >= 0.3 is 5.97 Å². The molecule has 8 heteroatoms. The van der Waals surface area contributed by atoms with Crippen LogP contribution in [-0.4, -0.2) is 26.5 Å². The number of benzene rings is 3. The fourth-order valence-electron chi connectivity index (χ4n) is 2.91. The lowest BCUT2D eigenvalue weighted by atomic mass is 10.2. The minimum Gasteiger partial charge on any atom is -0.460 e. The van der Waals surface area contributed by atoms with Crippen molar-refractivity contribution in [3.05, 3.63) is 96.1 Å². The lowest BCUT2D eigenvalue weighted by Crippen LogP contribution is -2.08. The van der Waals surface area contributed by atoms with Gasteiger partial charge in [0.25, 0.3) is 0 Å². The molecule has 0 saturated carbocycles. The Morgan fingerprint density at radius 1 is 0.903 bits per heavy atom. The van der Waals surface area contributed by atoms with Crippen LogP contribution in [0.5, 0.6) is 0 Å². The predicted octanol–water partition coefficient (Wildman–Crippen LogP) is 5.05. The molecule has 0 amide bonds. The fraction of sp³-hybridized carbons (Fsp3) is 0.0870. The average molecular weight is 437 g/mol. The Hall–Kier alpha value is -3.52. The van der Waals surface area contributed by atoms with Gasteiger partial charge in [-0.25, -0.2) is 8.78 Å². The maximum absolute atomic E-state index is 13.3. The summed E-state index contributed by atoms with van der Waals surface area (Å²) in [5, 5.41) is 8.96. The molecule has 0 aliphatic heterocycles. The van der Waals surface area contributed by atoms with E-state index in [9.17, 15) is 13.6 Å². The summed E-state index contributed by atoms with van der Waals surface area (Å²) in [5.41, 5.74) is 2.07. The van der Waals surface area contributed by atoms with Crippen LogP contribution >= 0.6 is 11.8 Å². The maximum atomic E-state index is 13.3. The summed E-state index contributed by atoms with van der Waals surface area (Å²) in [5.74, 6) is -0.650. The van der Waals surface area contributed by atoms with Gasteiger partial charge in [-0.1, -0.05) is 42.1 Å². The van der Waals surface area contributed by atoms with Gasteiger partial charge in [0.1, 0.15) is 18.2 Å². The van der Waals surface area contributed by atoms with Crippen LogP contribution in [0.4, 0.5) is 8.78 Å². The zero-order chi connectivity index (χ0) is 21.6. The van der Waals surface area contributed by atoms with Gasteiger partial charge in [-0.15, -0.1) is 10.2 Å². The quantitative estimate of drug-likeness (QED) is 0.299. The number of thioether (sulfide) groups is 1. The van der Waals surface area contributed by atoms with Crippen molar-refractivity contribution in [3.63, 3.8) is 0 Å². The number of halogens is 2. The molecule has 1 heterocycles. The third-order valence-corrected chi connectivity index (χ3v) is 5.26. The highest BCUT2D eigenvalue weighted by molar-refractivity contribution is 7.99. The smallest absolute Gasteiger partial charge is 0.316 e. The molecule has 5 nitrogen and oxygen atoms in total. The molecule has 0 fully saturated rings. The lowest BCUT2D eigenvalue weighted by Gasteiger charge is -2.10. The predicted molar refractivity (Wildman–Crippen MR) is 114 cm³/mol. The Balaban J connectivity index is 1.51. The average Bonchev–Trinajstić information content (AvgIpc) is 3.21. The molecule has 0 spiro atoms. The number of nitrogens with zero attached hydrogens (tertiary/aromatic N) is 3. The number of rotatable bonds is 7. The number of ether oxygens (including phenoxy) is 1. The lowest BCUT2D eigenvalue weighted by molar-refractivity contribution is -0.141. The maximum Gasteiger partial charge on any atom is 0.316 e. The number of carbonyl (C=O) groups is 1. The normalized spacial score (nSPS) is 10.8. The van der Waals surface area contributed by atoms with E-state index in [2.05, 4.69) is 10.2 Å². The Bertz CT molecular complexity index is 1180. The van der Waals surface area contributed by atoms with Crippen LogP contribution in [0, 0.1) is 11.6 Å². The van der Waals surface area contributed by atoms with Crippen molar-refractivity contribution in [1.29, 1.82) is 0 Å². The molecule has 0 unspecified atom stereocenters. The second-order valence-electron chi connectivity index (χ2n) is 6.56. The summed E-state index contributed by atoms with van der Waals surface area (Å²) < 4.78 is 33.6. The first kappa shape index (κ1) is 20.7. The molecule has 0 saturated heterocycles. The van der Waals surface area contributed by atoms with E-state index in [-0.39, 0.29) is 24.0 Å². The van der Waals surface area contributed by atoms with Crippen molar-refractivity contribution in [3.8, 4) is 17.1 Å². The van der Waals surface area contributed by atoms with E-state index in [1.54, 1.807) is 28.8 Å². The van der Waals surface area contributed by atoms with Gasteiger partial charge in [-0.2, -0.15) is 0 Å². The third kappa shape index (κ3) is 5.16. The van der Waals surface area contributed by atoms with E-state index >= 15 is 0 Å². The van der Waals surface area contributed by atoms with Gasteiger partial charge in [0, 0.05) is 11.3 Å². The van der Waals surface area contributed by atoms with E-state index in [1.165, 1.54) is 36.0 Å². The Labute approximate surface area is 181 Å². The molecule has 156 valence electrons. The van der Waals surface area contributed by atoms with Crippen molar-refractivity contribution < 1.29 is 18.3 Å². The van der Waals surface area contributed by atoms with Crippen LogP contribution in [0.2, 0.25) is 0 Å². The van der Waals surface area contributed by atoms with Gasteiger partial charge in [0.05, 0.1) is 5.75 Å². The van der Waals surface area contributed by atoms with Gasteiger partial charge in [0.2, 0.25) is 0 Å². The van der Waals surface area contributed by atoms with Crippen LogP contribution in [0.1, 0.15) is 5.56 Å². The zero-order valence-corrected chi connectivity index (χ0v) is 17.1. The first-order chi connectivity index (χ1) is 15.1. The number of carbonyl (C=O) groups excluding carboxylic acids is 1. The van der Waals surface area contributed by atoms with Crippen LogP contribution in [-0.2, 0) is 16.1 Å². The molecule has 3 aromatic carbocycles. The summed E-state index contributed by atoms with van der Waals surface area (Å²) >= 11 is 1.17. The number of hydrogen-bond donors (Lipinski definition) is 0. The fourth-order valence-corrected chi connectivity index (χ4v) is 3.66. The van der Waals surface area contributed by atoms with Crippen LogP contribution < -0.4 is 0 Å². The van der Waals surface area contributed by atoms with E-state index < -0.39 is 5.97 Å². The van der Waals surface area contributed by atoms with E-state index in [1.807, 2.05) is 30.3 Å². The molecule has 1 aromatic heterocycles. The molecule has 0 aliphatic rings. The second kappa shape index (κ2) is 9.53. The molecule has 0 N–H and O–H groups in total. The van der Waals surface area contributed by atoms with E-state index in [4.69, 9.17) is 4.74 Å². The standard InChI is InChI=1S/C23H17F2N3O2S/c24-18-11-9-17(10-12-18)22-26-27-23(28(22)20-7-2-1-3-8-20)31-15-21(29)30-14-16-5-4-6-19(25)13-16/h1-13H,14-15H2. The molecular formula is C23H17F2N3O2S. The highest BCUT2D eigenvalue weighted by Gasteiger charge is 2.17. The SMILES string of the molecule is O=C(CSc1nnc(-c2ccc(F)cc2)n1-c1ccccc1)OCc1cccc(F)c1. The molecule has 0 atom stereocenters. The molecule has 0 bridgehead atoms. The van der Waals surface area contributed by atoms with Gasteiger partial charge in [0.15, 0.2) is 11.0 Å². The largest absolute Gasteiger partial charge is 0.460 e. The van der Waals surface area contributed by atoms with Crippen molar-refractivity contribution in [1.82, 2.24) is 14.8 Å². The Kier molecular flexibility index (Phi) is 6.37. The van der Waals surface area contributed by atoms with Crippen molar-refractivity contribution in [2.24, 2.45) is 0 Å². The summed E-state index contributed by atoms with van der Waals surface area (Å²) in [6.07, 6.45) is 0. The molecule has 4 aromatic rings. The van der Waals surface area contributed by atoms with E-state index in [0.29, 0.717) is 22.1 Å². The Morgan fingerprint density at radius 3 is 2.42 bits per heavy atom. The first-order valence-electron chi connectivity index (χ1n) is 9.40. The van der Waals surface area contributed by atoms with Crippen LogP contribution in [0.3, 0.4) is 0 Å². The van der Waals surface area contributed by atoms with Crippen molar-refractivity contribution in [2.75, 3.05) is 5.75 Å². The molecule has 31 heavy (non-hydrogen) atoms. The van der Waals surface area contributed by atoms with Crippen LogP contribution in [0.25, 0.3) is 17.1 Å². The van der Waals surface area contributed by atoms with Gasteiger partial charge < -0.3 is 4.74 Å². The number of hydrogen-bond acceptors (Lipinski definition) is 5. The minimum atomic E-state index is -0.458. The molecule has 0 radical (unpaired) electrons. The number of esters is 1. The topological polar surface area (TPSA) is 57.0 Å². The second-order valence-corrected chi connectivity index (χ2v) is 7.51. The first-order valence-corrected chi connectivity index (χ1v) is 10.4. The molecule has 4 rings (SSSR count). The van der Waals surface area contributed by atoms with Crippen molar-refractivity contribution >= 4 is 17.7 Å². The summed E-state index contributed by atoms with van der Waals surface area (Å²) in [4.78, 5) is 12.2. The third-order valence-electron chi connectivity index (χ3n) is 4.36. The molecule has 0 aliphatic carbocycles. The van der Waals surface area contributed by atoms with Gasteiger partial charge in [-0.3, -0.25) is 9.36 Å². The Morgan fingerprint density at radius 2 is 1.68 bits per heavy atom.